The first-order valence-electron chi connectivity index (χ1n) is 3.23. The van der Waals surface area contributed by atoms with E-state index in [4.69, 9.17) is 5.73 Å². The molecule has 0 fully saturated rings. The van der Waals surface area contributed by atoms with E-state index in [1.54, 1.807) is 18.5 Å². The van der Waals surface area contributed by atoms with Gasteiger partial charge in [-0.25, -0.2) is 0 Å². The molecule has 64 valence electrons. The topological polar surface area (TPSA) is 74.7 Å². The van der Waals surface area contributed by atoms with Crippen LogP contribution in [0.25, 0.3) is 10.9 Å². The average Bonchev–Trinajstić information content (AvgIpc) is 2.34. The van der Waals surface area contributed by atoms with E-state index >= 15 is 0 Å². The Morgan fingerprint density at radius 1 is 1.33 bits per heavy atom. The van der Waals surface area contributed by atoms with Crippen LogP contribution in [0.3, 0.4) is 0 Å². The normalized spacial score (nSPS) is 9.67. The summed E-state index contributed by atoms with van der Waals surface area (Å²) < 4.78 is 0. The summed E-state index contributed by atoms with van der Waals surface area (Å²) in [5.74, 6) is 0. The quantitative estimate of drug-likeness (QED) is 0.570. The van der Waals surface area contributed by atoms with Crippen LogP contribution in [-0.2, 0) is 0 Å². The van der Waals surface area contributed by atoms with Crippen molar-refractivity contribution in [2.45, 2.75) is 0 Å². The molecule has 5 heteroatoms. The average molecular weight is 186 g/mol. The minimum absolute atomic E-state index is 0. The third-order valence-electron chi connectivity index (χ3n) is 1.63. The Bertz CT molecular complexity index is 445. The highest BCUT2D eigenvalue weighted by molar-refractivity contribution is 5.89. The Hall–Kier alpha value is -1.42. The second-order valence-electron chi connectivity index (χ2n) is 2.34. The molecule has 0 spiro atoms. The number of fused-ring (bicyclic) bond motifs is 1. The van der Waals surface area contributed by atoms with Crippen LogP contribution in [0.4, 0.5) is 5.69 Å². The van der Waals surface area contributed by atoms with E-state index in [1.807, 2.05) is 0 Å². The molecule has 2 aromatic heterocycles. The number of nitrogens with two attached hydrogens (primary N) is 1. The number of H-pyrrole nitrogens is 2. The smallest absolute Gasteiger partial charge is 0.259 e. The van der Waals surface area contributed by atoms with Crippen LogP contribution < -0.4 is 11.3 Å². The molecule has 0 amide bonds. The Kier molecular flexibility index (Phi) is 2.10. The van der Waals surface area contributed by atoms with E-state index in [1.165, 1.54) is 0 Å². The third-order valence-corrected chi connectivity index (χ3v) is 1.63. The number of anilines is 1. The maximum Gasteiger partial charge on any atom is 0.259 e. The first-order chi connectivity index (χ1) is 5.29. The maximum absolute atomic E-state index is 11.1. The predicted molar refractivity (Wildman–Crippen MR) is 50.6 cm³/mol. The molecule has 0 unspecified atom stereocenters. The predicted octanol–water partition coefficient (Wildman–Crippen LogP) is 0.860. The van der Waals surface area contributed by atoms with Crippen LogP contribution in [0.15, 0.2) is 23.3 Å². The molecule has 0 bridgehead atoms. The summed E-state index contributed by atoms with van der Waals surface area (Å²) >= 11 is 0. The molecule has 0 aromatic carbocycles. The molecule has 4 N–H and O–H groups in total. The van der Waals surface area contributed by atoms with Crippen LogP contribution in [0.1, 0.15) is 0 Å². The van der Waals surface area contributed by atoms with Gasteiger partial charge >= 0.3 is 0 Å². The number of aromatic nitrogens is 2. The highest BCUT2D eigenvalue weighted by Gasteiger charge is 2.01. The minimum atomic E-state index is -0.152. The second-order valence-corrected chi connectivity index (χ2v) is 2.34. The van der Waals surface area contributed by atoms with E-state index < -0.39 is 0 Å². The molecule has 0 saturated heterocycles. The number of nitrogen functional groups attached to an aromatic ring is 1. The summed E-state index contributed by atoms with van der Waals surface area (Å²) in [5, 5.41) is 0.535. The van der Waals surface area contributed by atoms with Gasteiger partial charge in [0.15, 0.2) is 0 Å². The van der Waals surface area contributed by atoms with Crippen molar-refractivity contribution >= 4 is 29.0 Å². The van der Waals surface area contributed by atoms with Crippen LogP contribution in [-0.4, -0.2) is 9.97 Å². The molecule has 0 aliphatic carbocycles. The molecule has 0 aliphatic heterocycles. The molecule has 0 saturated carbocycles. The van der Waals surface area contributed by atoms with E-state index in [0.717, 1.165) is 5.52 Å². The SMILES string of the molecule is Cl.Nc1c[nH]c2cc[nH]c(=O)c12. The second kappa shape index (κ2) is 2.91. The number of halogens is 1. The molecule has 4 nitrogen and oxygen atoms in total. The van der Waals surface area contributed by atoms with E-state index in [9.17, 15) is 4.79 Å². The van der Waals surface area contributed by atoms with Crippen molar-refractivity contribution in [2.75, 3.05) is 5.73 Å². The lowest BCUT2D eigenvalue weighted by Gasteiger charge is -1.87. The molecular formula is C7H8ClN3O. The number of nitrogens with one attached hydrogen (secondary N) is 2. The molecule has 0 atom stereocenters. The standard InChI is InChI=1S/C7H7N3O.ClH/c8-4-3-10-5-1-2-9-7(11)6(4)5;/h1-3,10H,8H2,(H,9,11);1H. The van der Waals surface area contributed by atoms with Crippen molar-refractivity contribution in [3.8, 4) is 0 Å². The number of hydrogen-bond donors (Lipinski definition) is 3. The van der Waals surface area contributed by atoms with Gasteiger partial charge in [0.1, 0.15) is 0 Å². The Labute approximate surface area is 74.2 Å². The largest absolute Gasteiger partial charge is 0.397 e. The van der Waals surface area contributed by atoms with Crippen LogP contribution in [0.5, 0.6) is 0 Å². The highest BCUT2D eigenvalue weighted by atomic mass is 35.5. The van der Waals surface area contributed by atoms with Gasteiger partial charge in [0, 0.05) is 12.4 Å². The van der Waals surface area contributed by atoms with Crippen molar-refractivity contribution in [1.82, 2.24) is 9.97 Å². The molecule has 2 heterocycles. The van der Waals surface area contributed by atoms with Gasteiger partial charge in [0.25, 0.3) is 5.56 Å². The zero-order chi connectivity index (χ0) is 7.84. The Morgan fingerprint density at radius 3 is 2.75 bits per heavy atom. The fourth-order valence-corrected chi connectivity index (χ4v) is 1.11. The fraction of sp³-hybridized carbons (Fsp3) is 0. The van der Waals surface area contributed by atoms with Crippen molar-refractivity contribution in [3.05, 3.63) is 28.8 Å². The Balaban J connectivity index is 0.000000720. The van der Waals surface area contributed by atoms with Crippen LogP contribution in [0.2, 0.25) is 0 Å². The zero-order valence-electron chi connectivity index (χ0n) is 6.13. The number of hydrogen-bond acceptors (Lipinski definition) is 2. The van der Waals surface area contributed by atoms with E-state index in [2.05, 4.69) is 9.97 Å². The van der Waals surface area contributed by atoms with Gasteiger partial charge in [-0.1, -0.05) is 0 Å². The van der Waals surface area contributed by atoms with Crippen molar-refractivity contribution in [2.24, 2.45) is 0 Å². The molecule has 2 aromatic rings. The zero-order valence-corrected chi connectivity index (χ0v) is 6.94. The Morgan fingerprint density at radius 2 is 2.08 bits per heavy atom. The lowest BCUT2D eigenvalue weighted by atomic mass is 10.3. The summed E-state index contributed by atoms with van der Waals surface area (Å²) in [6.45, 7) is 0. The fourth-order valence-electron chi connectivity index (χ4n) is 1.11. The van der Waals surface area contributed by atoms with Crippen molar-refractivity contribution < 1.29 is 0 Å². The van der Waals surface area contributed by atoms with Gasteiger partial charge in [0.05, 0.1) is 16.6 Å². The molecule has 12 heavy (non-hydrogen) atoms. The summed E-state index contributed by atoms with van der Waals surface area (Å²) in [6.07, 6.45) is 3.19. The van der Waals surface area contributed by atoms with Gasteiger partial charge in [-0.15, -0.1) is 12.4 Å². The van der Waals surface area contributed by atoms with Crippen LogP contribution in [0, 0.1) is 0 Å². The van der Waals surface area contributed by atoms with Gasteiger partial charge in [-0.2, -0.15) is 0 Å². The number of rotatable bonds is 0. The van der Waals surface area contributed by atoms with Gasteiger partial charge in [-0.05, 0) is 6.07 Å². The van der Waals surface area contributed by atoms with Crippen LogP contribution >= 0.6 is 12.4 Å². The summed E-state index contributed by atoms with van der Waals surface area (Å²) in [7, 11) is 0. The first kappa shape index (κ1) is 8.67. The summed E-state index contributed by atoms with van der Waals surface area (Å²) in [6, 6.07) is 1.77. The summed E-state index contributed by atoms with van der Waals surface area (Å²) in [5.41, 5.74) is 6.63. The van der Waals surface area contributed by atoms with E-state index in [0.29, 0.717) is 11.1 Å². The lowest BCUT2D eigenvalue weighted by molar-refractivity contribution is 1.27. The lowest BCUT2D eigenvalue weighted by Crippen LogP contribution is -2.04. The van der Waals surface area contributed by atoms with Crippen molar-refractivity contribution in [3.63, 3.8) is 0 Å². The third kappa shape index (κ3) is 1.06. The summed E-state index contributed by atoms with van der Waals surface area (Å²) in [4.78, 5) is 16.5. The monoisotopic (exact) mass is 185 g/mol. The maximum atomic E-state index is 11.1. The van der Waals surface area contributed by atoms with Crippen molar-refractivity contribution in [1.29, 1.82) is 0 Å². The molecular weight excluding hydrogens is 178 g/mol. The van der Waals surface area contributed by atoms with Gasteiger partial charge in [0.2, 0.25) is 0 Å². The minimum Gasteiger partial charge on any atom is -0.397 e. The number of pyridine rings is 1. The highest BCUT2D eigenvalue weighted by Crippen LogP contribution is 2.13. The molecule has 0 radical (unpaired) electrons. The van der Waals surface area contributed by atoms with E-state index in [-0.39, 0.29) is 18.0 Å². The van der Waals surface area contributed by atoms with Gasteiger partial charge in [-0.3, -0.25) is 4.79 Å². The molecule has 0 aliphatic rings. The van der Waals surface area contributed by atoms with Gasteiger partial charge < -0.3 is 15.7 Å². The first-order valence-corrected chi connectivity index (χ1v) is 3.23. The molecule has 2 rings (SSSR count). The number of aromatic amines is 2.